The van der Waals surface area contributed by atoms with E-state index in [-0.39, 0.29) is 24.1 Å². The molecule has 0 fully saturated rings. The van der Waals surface area contributed by atoms with Crippen LogP contribution < -0.4 is 5.32 Å². The van der Waals surface area contributed by atoms with Crippen molar-refractivity contribution in [3.63, 3.8) is 0 Å². The minimum absolute atomic E-state index is 0.137. The number of benzene rings is 1. The van der Waals surface area contributed by atoms with Crippen molar-refractivity contribution in [1.29, 1.82) is 0 Å². The lowest BCUT2D eigenvalue weighted by molar-refractivity contribution is -0.115. The molecule has 0 saturated heterocycles. The molecule has 3 amide bonds. The van der Waals surface area contributed by atoms with Crippen LogP contribution in [0.15, 0.2) is 36.0 Å². The molecule has 4 rings (SSSR count). The number of thiazole rings is 1. The molecule has 1 aliphatic heterocycles. The molecule has 0 saturated carbocycles. The maximum absolute atomic E-state index is 12.2. The first-order valence-corrected chi connectivity index (χ1v) is 8.08. The molecule has 7 nitrogen and oxygen atoms in total. The molecule has 120 valence electrons. The number of hydrogen-bond donors (Lipinski definition) is 1. The zero-order valence-electron chi connectivity index (χ0n) is 12.6. The summed E-state index contributed by atoms with van der Waals surface area (Å²) < 4.78 is 1.86. The van der Waals surface area contributed by atoms with E-state index in [4.69, 9.17) is 0 Å². The van der Waals surface area contributed by atoms with E-state index >= 15 is 0 Å². The largest absolute Gasteiger partial charge is 0.326 e. The minimum Gasteiger partial charge on any atom is -0.326 e. The number of imide groups is 1. The molecule has 0 spiro atoms. The van der Waals surface area contributed by atoms with Gasteiger partial charge in [-0.05, 0) is 18.2 Å². The molecule has 3 aromatic rings. The lowest BCUT2D eigenvalue weighted by Crippen LogP contribution is -2.24. The second kappa shape index (κ2) is 5.27. The number of nitrogens with one attached hydrogen (secondary N) is 1. The van der Waals surface area contributed by atoms with Crippen molar-refractivity contribution in [1.82, 2.24) is 14.3 Å². The van der Waals surface area contributed by atoms with E-state index in [0.717, 1.165) is 9.86 Å². The van der Waals surface area contributed by atoms with Crippen molar-refractivity contribution in [3.05, 3.63) is 52.8 Å². The maximum Gasteiger partial charge on any atom is 0.261 e. The van der Waals surface area contributed by atoms with Gasteiger partial charge < -0.3 is 5.32 Å². The summed E-state index contributed by atoms with van der Waals surface area (Å²) in [5, 5.41) is 4.66. The normalized spacial score (nSPS) is 13.6. The topological polar surface area (TPSA) is 83.8 Å². The Kier molecular flexibility index (Phi) is 3.20. The minimum atomic E-state index is -0.361. The number of carbonyl (C=O) groups excluding carboxylic acids is 3. The van der Waals surface area contributed by atoms with Crippen LogP contribution in [0.5, 0.6) is 0 Å². The van der Waals surface area contributed by atoms with Gasteiger partial charge >= 0.3 is 0 Å². The smallest absolute Gasteiger partial charge is 0.261 e. The lowest BCUT2D eigenvalue weighted by Gasteiger charge is -2.05. The summed E-state index contributed by atoms with van der Waals surface area (Å²) in [6.07, 6.45) is 3.83. The third-order valence-corrected chi connectivity index (χ3v) is 4.63. The van der Waals surface area contributed by atoms with Crippen LogP contribution in [0.1, 0.15) is 26.4 Å². The number of amides is 3. The first kappa shape index (κ1) is 14.6. The first-order chi connectivity index (χ1) is 11.5. The maximum atomic E-state index is 12.2. The van der Waals surface area contributed by atoms with Crippen molar-refractivity contribution in [2.24, 2.45) is 0 Å². The number of nitrogens with zero attached hydrogens (tertiary/aromatic N) is 3. The fourth-order valence-electron chi connectivity index (χ4n) is 2.67. The number of hydrogen-bond acceptors (Lipinski definition) is 5. The van der Waals surface area contributed by atoms with Crippen LogP contribution in [0.2, 0.25) is 0 Å². The highest BCUT2D eigenvalue weighted by molar-refractivity contribution is 7.15. The molecule has 0 aliphatic carbocycles. The van der Waals surface area contributed by atoms with Crippen LogP contribution in [0.4, 0.5) is 5.69 Å². The third kappa shape index (κ3) is 2.28. The van der Waals surface area contributed by atoms with Gasteiger partial charge in [-0.15, -0.1) is 11.3 Å². The van der Waals surface area contributed by atoms with Gasteiger partial charge in [0.05, 0.1) is 23.2 Å². The van der Waals surface area contributed by atoms with Crippen LogP contribution in [-0.4, -0.2) is 39.1 Å². The second-order valence-electron chi connectivity index (χ2n) is 5.48. The number of rotatable bonds is 3. The highest BCUT2D eigenvalue weighted by atomic mass is 32.1. The monoisotopic (exact) mass is 340 g/mol. The molecule has 2 aromatic heterocycles. The van der Waals surface area contributed by atoms with Crippen molar-refractivity contribution < 1.29 is 14.4 Å². The van der Waals surface area contributed by atoms with Crippen LogP contribution in [0.3, 0.4) is 0 Å². The Morgan fingerprint density at radius 2 is 2.04 bits per heavy atom. The van der Waals surface area contributed by atoms with Gasteiger partial charge in [-0.3, -0.25) is 23.7 Å². The van der Waals surface area contributed by atoms with Crippen molar-refractivity contribution in [3.8, 4) is 0 Å². The Hall–Kier alpha value is -3.00. The number of aromatic nitrogens is 2. The fraction of sp³-hybridized carbons (Fsp3) is 0.125. The van der Waals surface area contributed by atoms with Gasteiger partial charge in [0.2, 0.25) is 5.91 Å². The van der Waals surface area contributed by atoms with E-state index in [1.165, 1.54) is 24.5 Å². The Labute approximate surface area is 140 Å². The van der Waals surface area contributed by atoms with E-state index in [1.807, 2.05) is 22.2 Å². The predicted octanol–water partition coefficient (Wildman–Crippen LogP) is 1.80. The van der Waals surface area contributed by atoms with Gasteiger partial charge in [0, 0.05) is 30.5 Å². The summed E-state index contributed by atoms with van der Waals surface area (Å²) in [6.45, 7) is 0. The summed E-state index contributed by atoms with van der Waals surface area (Å²) in [6, 6.07) is 4.71. The average Bonchev–Trinajstić information content (AvgIpc) is 3.18. The van der Waals surface area contributed by atoms with Gasteiger partial charge in [-0.1, -0.05) is 0 Å². The molecular weight excluding hydrogens is 328 g/mol. The average molecular weight is 340 g/mol. The van der Waals surface area contributed by atoms with Gasteiger partial charge in [0.25, 0.3) is 11.8 Å². The summed E-state index contributed by atoms with van der Waals surface area (Å²) in [5.41, 5.74) is 1.82. The molecule has 0 atom stereocenters. The van der Waals surface area contributed by atoms with E-state index in [1.54, 1.807) is 12.1 Å². The van der Waals surface area contributed by atoms with Crippen molar-refractivity contribution in [2.45, 2.75) is 6.42 Å². The molecule has 0 bridgehead atoms. The summed E-state index contributed by atoms with van der Waals surface area (Å²) in [5.74, 6) is -0.919. The SMILES string of the molecule is CN1C(=O)c2ccc(NC(=O)Cc3cn4ccsc4n3)cc2C1=O. The van der Waals surface area contributed by atoms with E-state index in [0.29, 0.717) is 22.5 Å². The Morgan fingerprint density at radius 3 is 2.83 bits per heavy atom. The van der Waals surface area contributed by atoms with Crippen LogP contribution in [0, 0.1) is 0 Å². The number of fused-ring (bicyclic) bond motifs is 2. The van der Waals surface area contributed by atoms with E-state index < -0.39 is 0 Å². The summed E-state index contributed by atoms with van der Waals surface area (Å²) in [7, 11) is 1.44. The second-order valence-corrected chi connectivity index (χ2v) is 6.35. The molecule has 1 N–H and O–H groups in total. The molecule has 0 unspecified atom stereocenters. The quantitative estimate of drug-likeness (QED) is 0.737. The first-order valence-electron chi connectivity index (χ1n) is 7.20. The molecule has 1 aromatic carbocycles. The Morgan fingerprint density at radius 1 is 1.25 bits per heavy atom. The molecule has 0 radical (unpaired) electrons. The zero-order chi connectivity index (χ0) is 16.8. The Bertz CT molecular complexity index is 975. The highest BCUT2D eigenvalue weighted by Crippen LogP contribution is 2.24. The fourth-order valence-corrected chi connectivity index (χ4v) is 3.39. The highest BCUT2D eigenvalue weighted by Gasteiger charge is 2.32. The number of carbonyl (C=O) groups is 3. The van der Waals surface area contributed by atoms with Crippen LogP contribution >= 0.6 is 11.3 Å². The summed E-state index contributed by atoms with van der Waals surface area (Å²) >= 11 is 1.50. The molecule has 3 heterocycles. The van der Waals surface area contributed by atoms with E-state index in [9.17, 15) is 14.4 Å². The zero-order valence-corrected chi connectivity index (χ0v) is 13.5. The number of anilines is 1. The molecule has 1 aliphatic rings. The summed E-state index contributed by atoms with van der Waals surface area (Å²) in [4.78, 5) is 42.3. The molecule has 24 heavy (non-hydrogen) atoms. The Balaban J connectivity index is 1.51. The number of imidazole rings is 1. The van der Waals surface area contributed by atoms with Gasteiger partial charge in [-0.25, -0.2) is 4.98 Å². The lowest BCUT2D eigenvalue weighted by atomic mass is 10.1. The molecule has 8 heteroatoms. The van der Waals surface area contributed by atoms with E-state index in [2.05, 4.69) is 10.3 Å². The predicted molar refractivity (Wildman–Crippen MR) is 88.3 cm³/mol. The van der Waals surface area contributed by atoms with Crippen molar-refractivity contribution >= 4 is 39.7 Å². The van der Waals surface area contributed by atoms with Crippen LogP contribution in [0.25, 0.3) is 4.96 Å². The van der Waals surface area contributed by atoms with Gasteiger partial charge in [0.1, 0.15) is 0 Å². The van der Waals surface area contributed by atoms with Crippen molar-refractivity contribution in [2.75, 3.05) is 12.4 Å². The van der Waals surface area contributed by atoms with Crippen LogP contribution in [-0.2, 0) is 11.2 Å². The standard InChI is InChI=1S/C16H12N4O3S/c1-19-14(22)11-3-2-9(6-12(11)15(19)23)17-13(21)7-10-8-20-4-5-24-16(20)18-10/h2-6,8H,7H2,1H3,(H,17,21). The van der Waals surface area contributed by atoms with Gasteiger partial charge in [-0.2, -0.15) is 0 Å². The molecular formula is C16H12N4O3S. The van der Waals surface area contributed by atoms with Gasteiger partial charge in [0.15, 0.2) is 4.96 Å². The third-order valence-electron chi connectivity index (χ3n) is 3.86.